The molecule has 1 heterocycles. The Kier molecular flexibility index (Phi) is 7.15. The van der Waals surface area contributed by atoms with Gasteiger partial charge in [-0.2, -0.15) is 0 Å². The molecule has 0 radical (unpaired) electrons. The van der Waals surface area contributed by atoms with E-state index in [0.717, 1.165) is 16.7 Å². The summed E-state index contributed by atoms with van der Waals surface area (Å²) in [6, 6.07) is 19.3. The number of ether oxygens (including phenoxy) is 2. The van der Waals surface area contributed by atoms with Crippen LogP contribution in [0, 0.1) is 6.92 Å². The molecule has 1 N–H and O–H groups in total. The normalized spacial score (nSPS) is 17.1. The van der Waals surface area contributed by atoms with Gasteiger partial charge in [0.2, 0.25) is 0 Å². The molecule has 1 fully saturated rings. The predicted octanol–water partition coefficient (Wildman–Crippen LogP) is 6.15. The highest BCUT2D eigenvalue weighted by atomic mass is 16.5. The van der Waals surface area contributed by atoms with Gasteiger partial charge >= 0.3 is 0 Å². The fraction of sp³-hybridized carbons (Fsp3) is 0.267. The third-order valence-electron chi connectivity index (χ3n) is 6.48. The Bertz CT molecular complexity index is 1310. The lowest BCUT2D eigenvalue weighted by Gasteiger charge is -2.26. The van der Waals surface area contributed by atoms with E-state index in [1.165, 1.54) is 4.90 Å². The van der Waals surface area contributed by atoms with Crippen LogP contribution in [0.4, 0.5) is 5.69 Å². The fourth-order valence-corrected chi connectivity index (χ4v) is 4.52. The topological polar surface area (TPSA) is 76.1 Å². The highest BCUT2D eigenvalue weighted by molar-refractivity contribution is 6.51. The second-order valence-electron chi connectivity index (χ2n) is 9.10. The molecular weight excluding hydrogens is 454 g/mol. The Morgan fingerprint density at radius 1 is 0.972 bits per heavy atom. The number of aryl methyl sites for hydroxylation is 1. The van der Waals surface area contributed by atoms with E-state index in [0.29, 0.717) is 35.3 Å². The molecule has 1 aliphatic heterocycles. The molecule has 0 bridgehead atoms. The molecule has 0 aliphatic carbocycles. The van der Waals surface area contributed by atoms with Crippen molar-refractivity contribution in [3.8, 4) is 11.5 Å². The van der Waals surface area contributed by atoms with E-state index in [4.69, 9.17) is 9.47 Å². The first kappa shape index (κ1) is 25.0. The summed E-state index contributed by atoms with van der Waals surface area (Å²) in [7, 11) is 1.57. The summed E-state index contributed by atoms with van der Waals surface area (Å²) < 4.78 is 10.8. The van der Waals surface area contributed by atoms with E-state index in [9.17, 15) is 14.7 Å². The van der Waals surface area contributed by atoms with Crippen LogP contribution in [0.1, 0.15) is 55.0 Å². The number of rotatable bonds is 7. The van der Waals surface area contributed by atoms with Crippen molar-refractivity contribution >= 4 is 23.1 Å². The molecule has 3 aromatic carbocycles. The Morgan fingerprint density at radius 2 is 1.61 bits per heavy atom. The van der Waals surface area contributed by atoms with Crippen LogP contribution in [0.2, 0.25) is 0 Å². The van der Waals surface area contributed by atoms with Crippen molar-refractivity contribution < 1.29 is 24.2 Å². The molecule has 186 valence electrons. The second-order valence-corrected chi connectivity index (χ2v) is 9.10. The number of Topliss-reactive ketones (excluding diaryl/α,β-unsaturated/α-hetero) is 1. The van der Waals surface area contributed by atoms with Crippen LogP contribution < -0.4 is 14.4 Å². The maximum absolute atomic E-state index is 13.4. The zero-order valence-corrected chi connectivity index (χ0v) is 21.2. The summed E-state index contributed by atoms with van der Waals surface area (Å²) in [4.78, 5) is 28.2. The van der Waals surface area contributed by atoms with Crippen LogP contribution in [0.3, 0.4) is 0 Å². The number of ketones is 1. The Labute approximate surface area is 211 Å². The molecule has 1 saturated heterocycles. The van der Waals surface area contributed by atoms with E-state index in [-0.39, 0.29) is 11.3 Å². The van der Waals surface area contributed by atoms with Gasteiger partial charge in [-0.25, -0.2) is 0 Å². The molecule has 0 spiro atoms. The number of aliphatic hydroxyl groups excluding tert-OH is 1. The van der Waals surface area contributed by atoms with E-state index in [2.05, 4.69) is 13.8 Å². The minimum absolute atomic E-state index is 0.0550. The van der Waals surface area contributed by atoms with E-state index in [1.807, 2.05) is 38.1 Å². The Morgan fingerprint density at radius 3 is 2.17 bits per heavy atom. The number of hydrogen-bond acceptors (Lipinski definition) is 5. The molecule has 3 aromatic rings. The molecule has 1 aliphatic rings. The van der Waals surface area contributed by atoms with Crippen molar-refractivity contribution in [3.63, 3.8) is 0 Å². The number of aliphatic hydroxyl groups is 1. The molecule has 0 saturated carbocycles. The average Bonchev–Trinajstić information content (AvgIpc) is 3.14. The van der Waals surface area contributed by atoms with Crippen LogP contribution in [-0.2, 0) is 9.59 Å². The fourth-order valence-electron chi connectivity index (χ4n) is 4.52. The summed E-state index contributed by atoms with van der Waals surface area (Å²) in [5.74, 6) is 0.0157. The van der Waals surface area contributed by atoms with Gasteiger partial charge < -0.3 is 14.6 Å². The minimum atomic E-state index is -0.786. The number of anilines is 1. The number of amides is 1. The van der Waals surface area contributed by atoms with E-state index >= 15 is 0 Å². The van der Waals surface area contributed by atoms with Crippen molar-refractivity contribution in [1.82, 2.24) is 0 Å². The SMILES string of the molecule is CCOc1ccc(N2C(=O)C(=O)/C(=C(\O)c3ccc(OC)cc3C)C2c2ccc(C(C)C)cc2)cc1. The number of carbonyl (C=O) groups is 2. The summed E-state index contributed by atoms with van der Waals surface area (Å²) in [5.41, 5.74) is 3.68. The molecule has 36 heavy (non-hydrogen) atoms. The van der Waals surface area contributed by atoms with Gasteiger partial charge in [0.1, 0.15) is 17.3 Å². The smallest absolute Gasteiger partial charge is 0.300 e. The zero-order chi connectivity index (χ0) is 26.0. The second kappa shape index (κ2) is 10.3. The van der Waals surface area contributed by atoms with Crippen LogP contribution in [0.25, 0.3) is 5.76 Å². The summed E-state index contributed by atoms with van der Waals surface area (Å²) >= 11 is 0. The van der Waals surface area contributed by atoms with Gasteiger partial charge in [0.05, 0.1) is 25.3 Å². The van der Waals surface area contributed by atoms with Crippen molar-refractivity contribution in [2.24, 2.45) is 0 Å². The highest BCUT2D eigenvalue weighted by Crippen LogP contribution is 2.43. The largest absolute Gasteiger partial charge is 0.507 e. The lowest BCUT2D eigenvalue weighted by atomic mass is 9.92. The Hall–Kier alpha value is -4.06. The van der Waals surface area contributed by atoms with Crippen LogP contribution in [-0.4, -0.2) is 30.5 Å². The lowest BCUT2D eigenvalue weighted by Crippen LogP contribution is -2.29. The minimum Gasteiger partial charge on any atom is -0.507 e. The Balaban J connectivity index is 1.90. The van der Waals surface area contributed by atoms with E-state index in [1.54, 1.807) is 49.6 Å². The van der Waals surface area contributed by atoms with Crippen LogP contribution in [0.5, 0.6) is 11.5 Å². The lowest BCUT2D eigenvalue weighted by molar-refractivity contribution is -0.132. The molecule has 0 aromatic heterocycles. The third-order valence-corrected chi connectivity index (χ3v) is 6.48. The number of hydrogen-bond donors (Lipinski definition) is 1. The number of methoxy groups -OCH3 is 1. The molecule has 6 heteroatoms. The monoisotopic (exact) mass is 485 g/mol. The summed E-state index contributed by atoms with van der Waals surface area (Å²) in [6.45, 7) is 8.45. The first-order valence-corrected chi connectivity index (χ1v) is 12.1. The van der Waals surface area contributed by atoms with Crippen LogP contribution in [0.15, 0.2) is 72.3 Å². The maximum Gasteiger partial charge on any atom is 0.300 e. The van der Waals surface area contributed by atoms with Gasteiger partial charge in [0.15, 0.2) is 0 Å². The molecular formula is C30H31NO5. The zero-order valence-electron chi connectivity index (χ0n) is 21.2. The standard InChI is InChI=1S/C30H31NO5/c1-6-36-23-13-11-22(12-14-23)31-27(21-9-7-20(8-10-21)18(2)3)26(29(33)30(31)34)28(32)25-16-15-24(35-5)17-19(25)4/h7-18,27,32H,6H2,1-5H3/b28-26-. The van der Waals surface area contributed by atoms with Crippen molar-refractivity contribution in [1.29, 1.82) is 0 Å². The predicted molar refractivity (Wildman–Crippen MR) is 141 cm³/mol. The molecule has 4 rings (SSSR count). The average molecular weight is 486 g/mol. The molecule has 1 atom stereocenters. The maximum atomic E-state index is 13.4. The van der Waals surface area contributed by atoms with Crippen molar-refractivity contribution in [2.75, 3.05) is 18.6 Å². The van der Waals surface area contributed by atoms with Gasteiger partial charge in [0, 0.05) is 11.3 Å². The summed E-state index contributed by atoms with van der Waals surface area (Å²) in [5, 5.41) is 11.4. The summed E-state index contributed by atoms with van der Waals surface area (Å²) in [6.07, 6.45) is 0. The quantitative estimate of drug-likeness (QED) is 0.247. The number of carbonyl (C=O) groups excluding carboxylic acids is 2. The van der Waals surface area contributed by atoms with Gasteiger partial charge in [-0.1, -0.05) is 38.1 Å². The molecule has 1 amide bonds. The number of benzene rings is 3. The van der Waals surface area contributed by atoms with E-state index < -0.39 is 17.7 Å². The van der Waals surface area contributed by atoms with Gasteiger partial charge in [-0.05, 0) is 78.9 Å². The first-order chi connectivity index (χ1) is 17.3. The molecule has 1 unspecified atom stereocenters. The van der Waals surface area contributed by atoms with Gasteiger partial charge in [0.25, 0.3) is 11.7 Å². The van der Waals surface area contributed by atoms with Gasteiger partial charge in [-0.3, -0.25) is 14.5 Å². The number of nitrogens with zero attached hydrogens (tertiary/aromatic N) is 1. The van der Waals surface area contributed by atoms with Crippen molar-refractivity contribution in [3.05, 3.63) is 94.6 Å². The van der Waals surface area contributed by atoms with Gasteiger partial charge in [-0.15, -0.1) is 0 Å². The van der Waals surface area contributed by atoms with Crippen molar-refractivity contribution in [2.45, 2.75) is 39.7 Å². The van der Waals surface area contributed by atoms with Crippen LogP contribution >= 0.6 is 0 Å². The first-order valence-electron chi connectivity index (χ1n) is 12.1. The third kappa shape index (κ3) is 4.59. The molecule has 6 nitrogen and oxygen atoms in total. The highest BCUT2D eigenvalue weighted by Gasteiger charge is 2.47.